The van der Waals surface area contributed by atoms with Crippen LogP contribution in [0.5, 0.6) is 5.75 Å². The summed E-state index contributed by atoms with van der Waals surface area (Å²) in [6.45, 7) is 4.21. The van der Waals surface area contributed by atoms with E-state index in [0.29, 0.717) is 11.3 Å². The molecule has 0 radical (unpaired) electrons. The Morgan fingerprint density at radius 3 is 2.42 bits per heavy atom. The van der Waals surface area contributed by atoms with Gasteiger partial charge in [-0.05, 0) is 60.4 Å². The number of halogens is 4. The molecule has 0 bridgehead atoms. The van der Waals surface area contributed by atoms with Gasteiger partial charge in [-0.2, -0.15) is 13.2 Å². The lowest BCUT2D eigenvalue weighted by Gasteiger charge is -2.28. The molecule has 0 N–H and O–H groups in total. The lowest BCUT2D eigenvalue weighted by molar-refractivity contribution is -0.138. The number of hydrogen-bond acceptors (Lipinski definition) is 1. The topological polar surface area (TPSA) is 9.23 Å². The maximum absolute atomic E-state index is 13.8. The standard InChI is InChI=1S/C21H24BrF3O/c1-3-18(22)15-6-10-17-14(12-15)7-11-19(20(17)21(23,24)25)26-16-8-4-13(2)5-9-16/h6-7,10-13,16,18H,3-5,8-9H2,1-2H3. The first-order valence-corrected chi connectivity index (χ1v) is 10.2. The fourth-order valence-electron chi connectivity index (χ4n) is 3.68. The van der Waals surface area contributed by atoms with E-state index in [1.54, 1.807) is 18.2 Å². The second-order valence-electron chi connectivity index (χ2n) is 7.29. The van der Waals surface area contributed by atoms with Crippen molar-refractivity contribution in [3.05, 3.63) is 41.5 Å². The van der Waals surface area contributed by atoms with E-state index in [2.05, 4.69) is 22.9 Å². The molecule has 1 saturated carbocycles. The number of benzene rings is 2. The van der Waals surface area contributed by atoms with Crippen LogP contribution >= 0.6 is 15.9 Å². The fraction of sp³-hybridized carbons (Fsp3) is 0.524. The van der Waals surface area contributed by atoms with E-state index >= 15 is 0 Å². The second-order valence-corrected chi connectivity index (χ2v) is 8.40. The molecule has 1 aliphatic rings. The van der Waals surface area contributed by atoms with Crippen LogP contribution in [0, 0.1) is 5.92 Å². The highest BCUT2D eigenvalue weighted by Crippen LogP contribution is 2.43. The molecule has 0 spiro atoms. The van der Waals surface area contributed by atoms with Crippen LogP contribution in [-0.2, 0) is 6.18 Å². The van der Waals surface area contributed by atoms with Crippen LogP contribution in [0.15, 0.2) is 30.3 Å². The Labute approximate surface area is 161 Å². The molecule has 2 aromatic rings. The van der Waals surface area contributed by atoms with Crippen molar-refractivity contribution in [2.45, 2.75) is 63.1 Å². The summed E-state index contributed by atoms with van der Waals surface area (Å²) in [4.78, 5) is 0.140. The molecule has 1 nitrogen and oxygen atoms in total. The van der Waals surface area contributed by atoms with Crippen LogP contribution in [0.3, 0.4) is 0 Å². The van der Waals surface area contributed by atoms with Gasteiger partial charge in [-0.15, -0.1) is 0 Å². The summed E-state index contributed by atoms with van der Waals surface area (Å²) in [7, 11) is 0. The Bertz CT molecular complexity index is 764. The summed E-state index contributed by atoms with van der Waals surface area (Å²) in [6.07, 6.45) is -0.0558. The molecule has 1 aliphatic carbocycles. The number of ether oxygens (including phenoxy) is 1. The van der Waals surface area contributed by atoms with Gasteiger partial charge >= 0.3 is 6.18 Å². The number of hydrogen-bond donors (Lipinski definition) is 0. The highest BCUT2D eigenvalue weighted by molar-refractivity contribution is 9.09. The molecule has 0 saturated heterocycles. The zero-order valence-corrected chi connectivity index (χ0v) is 16.7. The summed E-state index contributed by atoms with van der Waals surface area (Å²) in [5.41, 5.74) is 0.339. The predicted molar refractivity (Wildman–Crippen MR) is 103 cm³/mol. The molecule has 5 heteroatoms. The van der Waals surface area contributed by atoms with Gasteiger partial charge in [-0.3, -0.25) is 0 Å². The molecule has 1 atom stereocenters. The zero-order valence-electron chi connectivity index (χ0n) is 15.1. The minimum absolute atomic E-state index is 0.0387. The van der Waals surface area contributed by atoms with E-state index in [9.17, 15) is 13.2 Å². The number of fused-ring (bicyclic) bond motifs is 1. The Morgan fingerprint density at radius 1 is 1.12 bits per heavy atom. The fourth-order valence-corrected chi connectivity index (χ4v) is 3.96. The molecule has 0 aromatic heterocycles. The van der Waals surface area contributed by atoms with Crippen LogP contribution in [0.4, 0.5) is 13.2 Å². The van der Waals surface area contributed by atoms with Gasteiger partial charge in [0, 0.05) is 4.83 Å². The van der Waals surface area contributed by atoms with Gasteiger partial charge < -0.3 is 4.74 Å². The normalized spacial score (nSPS) is 22.4. The monoisotopic (exact) mass is 428 g/mol. The molecule has 142 valence electrons. The maximum atomic E-state index is 13.8. The quantitative estimate of drug-likeness (QED) is 0.454. The van der Waals surface area contributed by atoms with E-state index in [4.69, 9.17) is 4.74 Å². The Balaban J connectivity index is 2.00. The van der Waals surface area contributed by atoms with Gasteiger partial charge in [0.1, 0.15) is 11.3 Å². The van der Waals surface area contributed by atoms with Gasteiger partial charge in [-0.1, -0.05) is 54.0 Å². The third kappa shape index (κ3) is 4.19. The van der Waals surface area contributed by atoms with E-state index in [1.165, 1.54) is 6.07 Å². The zero-order chi connectivity index (χ0) is 18.9. The lowest BCUT2D eigenvalue weighted by Crippen LogP contribution is -2.24. The summed E-state index contributed by atoms with van der Waals surface area (Å²) in [6, 6.07) is 8.41. The predicted octanol–water partition coefficient (Wildman–Crippen LogP) is 7.66. The Kier molecular flexibility index (Phi) is 5.85. The number of rotatable bonds is 4. The molecular formula is C21H24BrF3O. The van der Waals surface area contributed by atoms with Crippen LogP contribution < -0.4 is 4.74 Å². The van der Waals surface area contributed by atoms with E-state index in [1.807, 2.05) is 13.0 Å². The summed E-state index contributed by atoms with van der Waals surface area (Å²) < 4.78 is 47.3. The van der Waals surface area contributed by atoms with Crippen molar-refractivity contribution in [1.82, 2.24) is 0 Å². The van der Waals surface area contributed by atoms with Crippen LogP contribution in [0.2, 0.25) is 0 Å². The van der Waals surface area contributed by atoms with Crippen molar-refractivity contribution in [2.24, 2.45) is 5.92 Å². The van der Waals surface area contributed by atoms with Crippen LogP contribution in [0.25, 0.3) is 10.8 Å². The van der Waals surface area contributed by atoms with Crippen molar-refractivity contribution in [1.29, 1.82) is 0 Å². The largest absolute Gasteiger partial charge is 0.490 e. The van der Waals surface area contributed by atoms with Crippen LogP contribution in [0.1, 0.15) is 61.9 Å². The lowest BCUT2D eigenvalue weighted by atomic mass is 9.89. The molecule has 0 amide bonds. The van der Waals surface area contributed by atoms with Gasteiger partial charge in [0.25, 0.3) is 0 Å². The third-order valence-corrected chi connectivity index (χ3v) is 6.44. The minimum Gasteiger partial charge on any atom is -0.490 e. The molecule has 0 heterocycles. The first kappa shape index (κ1) is 19.5. The maximum Gasteiger partial charge on any atom is 0.420 e. The highest BCUT2D eigenvalue weighted by Gasteiger charge is 2.37. The third-order valence-electron chi connectivity index (χ3n) is 5.27. The average Bonchev–Trinajstić information content (AvgIpc) is 2.61. The average molecular weight is 429 g/mol. The molecule has 3 rings (SSSR count). The molecule has 2 aromatic carbocycles. The van der Waals surface area contributed by atoms with Crippen molar-refractivity contribution >= 4 is 26.7 Å². The van der Waals surface area contributed by atoms with Crippen molar-refractivity contribution in [3.63, 3.8) is 0 Å². The van der Waals surface area contributed by atoms with E-state index < -0.39 is 11.7 Å². The molecular weight excluding hydrogens is 405 g/mol. The Hall–Kier alpha value is -1.23. The highest BCUT2D eigenvalue weighted by atomic mass is 79.9. The SMILES string of the molecule is CCC(Br)c1ccc2c(C(F)(F)F)c(OC3CCC(C)CC3)ccc2c1. The smallest absolute Gasteiger partial charge is 0.420 e. The van der Waals surface area contributed by atoms with Crippen LogP contribution in [-0.4, -0.2) is 6.10 Å². The molecule has 1 unspecified atom stereocenters. The first-order chi connectivity index (χ1) is 12.3. The second kappa shape index (κ2) is 7.79. The minimum atomic E-state index is -4.45. The molecule has 0 aliphatic heterocycles. The summed E-state index contributed by atoms with van der Waals surface area (Å²) >= 11 is 3.57. The van der Waals surface area contributed by atoms with Gasteiger partial charge in [0.2, 0.25) is 0 Å². The summed E-state index contributed by atoms with van der Waals surface area (Å²) in [5, 5.41) is 0.802. The Morgan fingerprint density at radius 2 is 1.81 bits per heavy atom. The van der Waals surface area contributed by atoms with Crippen molar-refractivity contribution in [2.75, 3.05) is 0 Å². The van der Waals surface area contributed by atoms with Gasteiger partial charge in [0.15, 0.2) is 0 Å². The molecule has 26 heavy (non-hydrogen) atoms. The van der Waals surface area contributed by atoms with Crippen molar-refractivity contribution < 1.29 is 17.9 Å². The molecule has 1 fully saturated rings. The van der Waals surface area contributed by atoms with E-state index in [-0.39, 0.29) is 22.1 Å². The summed E-state index contributed by atoms with van der Waals surface area (Å²) in [5.74, 6) is 0.589. The first-order valence-electron chi connectivity index (χ1n) is 9.24. The van der Waals surface area contributed by atoms with Crippen molar-refractivity contribution in [3.8, 4) is 5.75 Å². The number of alkyl halides is 4. The van der Waals surface area contributed by atoms with Gasteiger partial charge in [-0.25, -0.2) is 0 Å². The van der Waals surface area contributed by atoms with Gasteiger partial charge in [0.05, 0.1) is 6.10 Å². The van der Waals surface area contributed by atoms with E-state index in [0.717, 1.165) is 37.7 Å².